The molecular formula is C9H18N2O2. The molecule has 0 aliphatic carbocycles. The standard InChI is InChI=1S/C9H18N2O2/c1-4-5-6-10-9(13)7(2)11-8(3)12/h7H,4-6H2,1-3H3,(H,10,13)(H,11,12)/t7-/m1/s1. The van der Waals surface area contributed by atoms with Crippen LogP contribution in [0.2, 0.25) is 0 Å². The number of hydrogen-bond donors (Lipinski definition) is 2. The van der Waals surface area contributed by atoms with E-state index in [1.165, 1.54) is 6.92 Å². The van der Waals surface area contributed by atoms with Crippen LogP contribution in [0.1, 0.15) is 33.6 Å². The maximum Gasteiger partial charge on any atom is 0.242 e. The summed E-state index contributed by atoms with van der Waals surface area (Å²) in [6, 6.07) is -0.436. The first kappa shape index (κ1) is 11.9. The first-order chi connectivity index (χ1) is 6.07. The number of carbonyl (C=O) groups is 2. The van der Waals surface area contributed by atoms with Crippen molar-refractivity contribution in [1.29, 1.82) is 0 Å². The van der Waals surface area contributed by atoms with Crippen LogP contribution < -0.4 is 10.6 Å². The van der Waals surface area contributed by atoms with Gasteiger partial charge < -0.3 is 10.6 Å². The van der Waals surface area contributed by atoms with Crippen LogP contribution in [-0.2, 0) is 9.59 Å². The van der Waals surface area contributed by atoms with E-state index < -0.39 is 6.04 Å². The van der Waals surface area contributed by atoms with Crippen molar-refractivity contribution in [3.63, 3.8) is 0 Å². The molecule has 0 heterocycles. The van der Waals surface area contributed by atoms with Crippen molar-refractivity contribution in [1.82, 2.24) is 10.6 Å². The van der Waals surface area contributed by atoms with Crippen LogP contribution in [0.25, 0.3) is 0 Å². The van der Waals surface area contributed by atoms with Crippen LogP contribution in [0.3, 0.4) is 0 Å². The molecule has 0 bridgehead atoms. The van der Waals surface area contributed by atoms with E-state index in [2.05, 4.69) is 17.6 Å². The van der Waals surface area contributed by atoms with E-state index in [0.29, 0.717) is 6.54 Å². The highest BCUT2D eigenvalue weighted by atomic mass is 16.2. The van der Waals surface area contributed by atoms with Gasteiger partial charge in [0.05, 0.1) is 0 Å². The zero-order chi connectivity index (χ0) is 10.3. The molecule has 0 aliphatic heterocycles. The molecular weight excluding hydrogens is 168 g/mol. The van der Waals surface area contributed by atoms with E-state index in [1.807, 2.05) is 0 Å². The number of hydrogen-bond acceptors (Lipinski definition) is 2. The Morgan fingerprint density at radius 1 is 1.38 bits per heavy atom. The third kappa shape index (κ3) is 6.13. The molecule has 0 aromatic heterocycles. The summed E-state index contributed by atoms with van der Waals surface area (Å²) in [6.45, 7) is 5.81. The zero-order valence-electron chi connectivity index (χ0n) is 8.52. The van der Waals surface area contributed by atoms with E-state index >= 15 is 0 Å². The number of carbonyl (C=O) groups excluding carboxylic acids is 2. The van der Waals surface area contributed by atoms with Crippen LogP contribution in [0.4, 0.5) is 0 Å². The van der Waals surface area contributed by atoms with Crippen molar-refractivity contribution in [3.8, 4) is 0 Å². The van der Waals surface area contributed by atoms with E-state index in [-0.39, 0.29) is 11.8 Å². The van der Waals surface area contributed by atoms with E-state index in [0.717, 1.165) is 12.8 Å². The summed E-state index contributed by atoms with van der Waals surface area (Å²) in [5.41, 5.74) is 0. The molecule has 4 heteroatoms. The van der Waals surface area contributed by atoms with Gasteiger partial charge >= 0.3 is 0 Å². The van der Waals surface area contributed by atoms with Gasteiger partial charge in [0.1, 0.15) is 6.04 Å². The SMILES string of the molecule is CCCCNC(=O)[C@@H](C)NC(C)=O. The lowest BCUT2D eigenvalue weighted by Gasteiger charge is -2.12. The average molecular weight is 186 g/mol. The minimum Gasteiger partial charge on any atom is -0.354 e. The third-order valence-corrected chi connectivity index (χ3v) is 1.64. The van der Waals surface area contributed by atoms with Crippen molar-refractivity contribution in [3.05, 3.63) is 0 Å². The van der Waals surface area contributed by atoms with Crippen LogP contribution in [0.5, 0.6) is 0 Å². The van der Waals surface area contributed by atoms with Crippen LogP contribution in [0, 0.1) is 0 Å². The average Bonchev–Trinajstić information content (AvgIpc) is 2.03. The van der Waals surface area contributed by atoms with E-state index in [4.69, 9.17) is 0 Å². The van der Waals surface area contributed by atoms with Gasteiger partial charge in [0.15, 0.2) is 0 Å². The van der Waals surface area contributed by atoms with Gasteiger partial charge in [-0.15, -0.1) is 0 Å². The number of rotatable bonds is 5. The van der Waals surface area contributed by atoms with Crippen molar-refractivity contribution >= 4 is 11.8 Å². The lowest BCUT2D eigenvalue weighted by atomic mass is 10.3. The monoisotopic (exact) mass is 186 g/mol. The first-order valence-corrected chi connectivity index (χ1v) is 4.62. The Kier molecular flexibility index (Phi) is 5.93. The smallest absolute Gasteiger partial charge is 0.242 e. The summed E-state index contributed by atoms with van der Waals surface area (Å²) in [5.74, 6) is -0.304. The molecule has 13 heavy (non-hydrogen) atoms. The molecule has 1 atom stereocenters. The molecule has 0 unspecified atom stereocenters. The molecule has 0 saturated carbocycles. The Hall–Kier alpha value is -1.06. The molecule has 4 nitrogen and oxygen atoms in total. The molecule has 0 aromatic carbocycles. The highest BCUT2D eigenvalue weighted by Crippen LogP contribution is 1.85. The van der Waals surface area contributed by atoms with Crippen LogP contribution in [0.15, 0.2) is 0 Å². The summed E-state index contributed by atoms with van der Waals surface area (Å²) >= 11 is 0. The molecule has 2 amide bonds. The molecule has 0 rings (SSSR count). The van der Waals surface area contributed by atoms with Crippen molar-refractivity contribution in [2.24, 2.45) is 0 Å². The van der Waals surface area contributed by atoms with Crippen molar-refractivity contribution < 1.29 is 9.59 Å². The van der Waals surface area contributed by atoms with Gasteiger partial charge in [-0.3, -0.25) is 9.59 Å². The minimum absolute atomic E-state index is 0.122. The fourth-order valence-electron chi connectivity index (χ4n) is 0.912. The highest BCUT2D eigenvalue weighted by Gasteiger charge is 2.11. The van der Waals surface area contributed by atoms with Gasteiger partial charge in [-0.25, -0.2) is 0 Å². The molecule has 0 aromatic rings. The fourth-order valence-corrected chi connectivity index (χ4v) is 0.912. The second-order valence-electron chi connectivity index (χ2n) is 3.07. The molecule has 0 saturated heterocycles. The second kappa shape index (κ2) is 6.46. The Bertz CT molecular complexity index is 180. The first-order valence-electron chi connectivity index (χ1n) is 4.62. The van der Waals surface area contributed by atoms with Crippen molar-refractivity contribution in [2.75, 3.05) is 6.54 Å². The summed E-state index contributed by atoms with van der Waals surface area (Å²) in [4.78, 5) is 21.8. The quantitative estimate of drug-likeness (QED) is 0.612. The summed E-state index contributed by atoms with van der Waals surface area (Å²) in [7, 11) is 0. The van der Waals surface area contributed by atoms with E-state index in [9.17, 15) is 9.59 Å². The van der Waals surface area contributed by atoms with E-state index in [1.54, 1.807) is 6.92 Å². The summed E-state index contributed by atoms with van der Waals surface area (Å²) in [6.07, 6.45) is 2.02. The number of amides is 2. The molecule has 0 radical (unpaired) electrons. The lowest BCUT2D eigenvalue weighted by molar-refractivity contribution is -0.127. The number of nitrogens with one attached hydrogen (secondary N) is 2. The molecule has 2 N–H and O–H groups in total. The number of unbranched alkanes of at least 4 members (excludes halogenated alkanes) is 1. The third-order valence-electron chi connectivity index (χ3n) is 1.64. The van der Waals surface area contributed by atoms with Gasteiger partial charge in [0, 0.05) is 13.5 Å². The van der Waals surface area contributed by atoms with Gasteiger partial charge in [0.25, 0.3) is 0 Å². The van der Waals surface area contributed by atoms with Gasteiger partial charge in [-0.2, -0.15) is 0 Å². The van der Waals surface area contributed by atoms with Crippen LogP contribution >= 0.6 is 0 Å². The lowest BCUT2D eigenvalue weighted by Crippen LogP contribution is -2.44. The predicted molar refractivity (Wildman–Crippen MR) is 51.2 cm³/mol. The Balaban J connectivity index is 3.63. The highest BCUT2D eigenvalue weighted by molar-refractivity contribution is 5.86. The van der Waals surface area contributed by atoms with Gasteiger partial charge in [-0.05, 0) is 13.3 Å². The topological polar surface area (TPSA) is 58.2 Å². The molecule has 0 fully saturated rings. The Morgan fingerprint density at radius 2 is 2.00 bits per heavy atom. The summed E-state index contributed by atoms with van der Waals surface area (Å²) < 4.78 is 0. The maximum atomic E-state index is 11.2. The predicted octanol–water partition coefficient (Wildman–Crippen LogP) is 0.427. The minimum atomic E-state index is -0.436. The molecule has 0 aliphatic rings. The fraction of sp³-hybridized carbons (Fsp3) is 0.778. The van der Waals surface area contributed by atoms with Gasteiger partial charge in [0.2, 0.25) is 11.8 Å². The Labute approximate surface area is 79.1 Å². The summed E-state index contributed by atoms with van der Waals surface area (Å²) in [5, 5.41) is 5.25. The second-order valence-corrected chi connectivity index (χ2v) is 3.07. The molecule has 76 valence electrons. The Morgan fingerprint density at radius 3 is 2.46 bits per heavy atom. The molecule has 0 spiro atoms. The zero-order valence-corrected chi connectivity index (χ0v) is 8.52. The maximum absolute atomic E-state index is 11.2. The van der Waals surface area contributed by atoms with Crippen LogP contribution in [-0.4, -0.2) is 24.4 Å². The van der Waals surface area contributed by atoms with Gasteiger partial charge in [-0.1, -0.05) is 13.3 Å². The van der Waals surface area contributed by atoms with Crippen molar-refractivity contribution in [2.45, 2.75) is 39.7 Å². The largest absolute Gasteiger partial charge is 0.354 e. The normalized spacial score (nSPS) is 11.9.